The Hall–Kier alpha value is -0.960. The fourth-order valence-electron chi connectivity index (χ4n) is 2.58. The molecule has 0 aromatic heterocycles. The maximum atomic E-state index is 14.1. The molecule has 120 valence electrons. The van der Waals surface area contributed by atoms with Gasteiger partial charge in [0, 0.05) is 17.7 Å². The Morgan fingerprint density at radius 2 is 1.67 bits per heavy atom. The van der Waals surface area contributed by atoms with Crippen molar-refractivity contribution in [1.82, 2.24) is 5.32 Å². The Morgan fingerprint density at radius 1 is 0.952 bits per heavy atom. The molecule has 1 N–H and O–H groups in total. The van der Waals surface area contributed by atoms with E-state index in [-0.39, 0.29) is 6.04 Å². The molecule has 0 heterocycles. The van der Waals surface area contributed by atoms with Crippen LogP contribution in [0.3, 0.4) is 0 Å². The first-order valence-electron chi connectivity index (χ1n) is 8.29. The highest BCUT2D eigenvalue weighted by molar-refractivity contribution is 5.28. The third-order valence-corrected chi connectivity index (χ3v) is 3.89. The van der Waals surface area contributed by atoms with Gasteiger partial charge < -0.3 is 5.32 Å². The van der Waals surface area contributed by atoms with Crippen LogP contribution in [-0.2, 0) is 0 Å². The van der Waals surface area contributed by atoms with Crippen molar-refractivity contribution in [3.8, 4) is 0 Å². The molecule has 0 radical (unpaired) electrons. The molecule has 0 aliphatic rings. The summed E-state index contributed by atoms with van der Waals surface area (Å²) in [6.45, 7) is 6.84. The predicted octanol–water partition coefficient (Wildman–Crippen LogP) is 5.67. The minimum atomic E-state index is -0.464. The summed E-state index contributed by atoms with van der Waals surface area (Å²) in [5, 5.41) is 3.40. The molecule has 1 unspecified atom stereocenters. The van der Waals surface area contributed by atoms with Gasteiger partial charge in [-0.15, -0.1) is 0 Å². The molecular weight excluding hydrogens is 268 g/mol. The molecule has 1 aromatic carbocycles. The molecule has 3 heteroatoms. The van der Waals surface area contributed by atoms with Gasteiger partial charge in [-0.05, 0) is 37.9 Å². The Balaban J connectivity index is 2.70. The number of unbranched alkanes of at least 4 members (excludes halogenated alkanes) is 4. The molecule has 1 rings (SSSR count). The molecule has 0 bridgehead atoms. The van der Waals surface area contributed by atoms with Crippen LogP contribution >= 0.6 is 0 Å². The number of halogens is 2. The quantitative estimate of drug-likeness (QED) is 0.548. The van der Waals surface area contributed by atoms with Crippen molar-refractivity contribution in [3.05, 3.63) is 34.9 Å². The topological polar surface area (TPSA) is 12.0 Å². The van der Waals surface area contributed by atoms with Crippen molar-refractivity contribution in [3.63, 3.8) is 0 Å². The first kappa shape index (κ1) is 18.1. The van der Waals surface area contributed by atoms with Crippen LogP contribution < -0.4 is 5.32 Å². The normalized spacial score (nSPS) is 12.6. The van der Waals surface area contributed by atoms with Gasteiger partial charge in [-0.1, -0.05) is 46.0 Å². The first-order chi connectivity index (χ1) is 10.1. The summed E-state index contributed by atoms with van der Waals surface area (Å²) in [5.41, 5.74) is 1.12. The van der Waals surface area contributed by atoms with Gasteiger partial charge in [0.05, 0.1) is 0 Å². The fraction of sp³-hybridized carbons (Fsp3) is 0.667. The summed E-state index contributed by atoms with van der Waals surface area (Å²) in [4.78, 5) is 0. The van der Waals surface area contributed by atoms with Gasteiger partial charge in [0.15, 0.2) is 0 Å². The van der Waals surface area contributed by atoms with Gasteiger partial charge in [-0.25, -0.2) is 8.78 Å². The van der Waals surface area contributed by atoms with Crippen LogP contribution in [0.1, 0.15) is 76.0 Å². The minimum absolute atomic E-state index is 0.00845. The highest BCUT2D eigenvalue weighted by atomic mass is 19.1. The van der Waals surface area contributed by atoms with E-state index in [4.69, 9.17) is 0 Å². The van der Waals surface area contributed by atoms with E-state index in [9.17, 15) is 8.78 Å². The van der Waals surface area contributed by atoms with Crippen molar-refractivity contribution >= 4 is 0 Å². The zero-order valence-electron chi connectivity index (χ0n) is 13.6. The van der Waals surface area contributed by atoms with E-state index < -0.39 is 11.6 Å². The van der Waals surface area contributed by atoms with E-state index >= 15 is 0 Å². The summed E-state index contributed by atoms with van der Waals surface area (Å²) in [6, 6.07) is 2.66. The van der Waals surface area contributed by atoms with Crippen molar-refractivity contribution in [1.29, 1.82) is 0 Å². The van der Waals surface area contributed by atoms with Gasteiger partial charge in [0.1, 0.15) is 11.6 Å². The number of hydrogen-bond acceptors (Lipinski definition) is 1. The molecule has 21 heavy (non-hydrogen) atoms. The fourth-order valence-corrected chi connectivity index (χ4v) is 2.58. The molecule has 1 nitrogen and oxygen atoms in total. The van der Waals surface area contributed by atoms with Crippen LogP contribution in [-0.4, -0.2) is 6.54 Å². The lowest BCUT2D eigenvalue weighted by atomic mass is 9.97. The molecule has 0 aliphatic heterocycles. The summed E-state index contributed by atoms with van der Waals surface area (Å²) >= 11 is 0. The lowest BCUT2D eigenvalue weighted by Crippen LogP contribution is -2.23. The van der Waals surface area contributed by atoms with Gasteiger partial charge in [-0.3, -0.25) is 0 Å². The van der Waals surface area contributed by atoms with Gasteiger partial charge in [0.25, 0.3) is 0 Å². The van der Waals surface area contributed by atoms with E-state index in [0.29, 0.717) is 11.1 Å². The molecule has 1 aromatic rings. The van der Waals surface area contributed by atoms with E-state index in [1.165, 1.54) is 25.7 Å². The average molecular weight is 297 g/mol. The number of rotatable bonds is 10. The zero-order valence-corrected chi connectivity index (χ0v) is 13.6. The summed E-state index contributed by atoms with van der Waals surface area (Å²) in [7, 11) is 0. The molecular formula is C18H29F2N. The highest BCUT2D eigenvalue weighted by Gasteiger charge is 2.16. The number of hydrogen-bond donors (Lipinski definition) is 1. The summed E-state index contributed by atoms with van der Waals surface area (Å²) < 4.78 is 27.5. The second-order valence-electron chi connectivity index (χ2n) is 5.83. The van der Waals surface area contributed by atoms with Crippen molar-refractivity contribution in [2.24, 2.45) is 0 Å². The smallest absolute Gasteiger partial charge is 0.130 e. The maximum absolute atomic E-state index is 14.1. The largest absolute Gasteiger partial charge is 0.310 e. The lowest BCUT2D eigenvalue weighted by Gasteiger charge is -2.20. The molecule has 0 saturated carbocycles. The maximum Gasteiger partial charge on any atom is 0.130 e. The monoisotopic (exact) mass is 297 g/mol. The average Bonchev–Trinajstić information content (AvgIpc) is 2.46. The van der Waals surface area contributed by atoms with E-state index in [2.05, 4.69) is 19.2 Å². The molecule has 0 saturated heterocycles. The minimum Gasteiger partial charge on any atom is -0.310 e. The number of nitrogens with one attached hydrogen (secondary N) is 1. The van der Waals surface area contributed by atoms with Crippen LogP contribution in [0.15, 0.2) is 12.1 Å². The van der Waals surface area contributed by atoms with Crippen LogP contribution in [0.25, 0.3) is 0 Å². The van der Waals surface area contributed by atoms with Crippen LogP contribution in [0.4, 0.5) is 8.78 Å². The Bertz CT molecular complexity index is 418. The third kappa shape index (κ3) is 6.13. The second-order valence-corrected chi connectivity index (χ2v) is 5.83. The number of benzene rings is 1. The van der Waals surface area contributed by atoms with Crippen LogP contribution in [0.2, 0.25) is 0 Å². The van der Waals surface area contributed by atoms with Gasteiger partial charge in [0.2, 0.25) is 0 Å². The van der Waals surface area contributed by atoms with E-state index in [0.717, 1.165) is 31.9 Å². The predicted molar refractivity (Wildman–Crippen MR) is 85.5 cm³/mol. The van der Waals surface area contributed by atoms with Crippen molar-refractivity contribution in [2.75, 3.05) is 6.54 Å². The lowest BCUT2D eigenvalue weighted by molar-refractivity contribution is 0.446. The first-order valence-corrected chi connectivity index (χ1v) is 8.29. The molecule has 1 atom stereocenters. The van der Waals surface area contributed by atoms with E-state index in [1.54, 1.807) is 13.0 Å². The van der Waals surface area contributed by atoms with Gasteiger partial charge in [-0.2, -0.15) is 0 Å². The summed E-state index contributed by atoms with van der Waals surface area (Å²) in [5.74, 6) is -0.895. The Morgan fingerprint density at radius 3 is 2.33 bits per heavy atom. The molecule has 0 fully saturated rings. The second kappa shape index (κ2) is 9.88. The van der Waals surface area contributed by atoms with Crippen molar-refractivity contribution < 1.29 is 8.78 Å². The third-order valence-electron chi connectivity index (χ3n) is 3.89. The summed E-state index contributed by atoms with van der Waals surface area (Å²) in [6.07, 6.45) is 7.90. The highest BCUT2D eigenvalue weighted by Crippen LogP contribution is 2.25. The Labute approximate surface area is 128 Å². The van der Waals surface area contributed by atoms with E-state index in [1.807, 2.05) is 0 Å². The standard InChI is InChI=1S/C18H29F2N/c1-4-6-7-8-9-10-18(21-11-5-2)15-12-14(3)16(19)13-17(15)20/h12-13,18,21H,4-11H2,1-3H3. The molecule has 0 amide bonds. The molecule has 0 aliphatic carbocycles. The van der Waals surface area contributed by atoms with Crippen LogP contribution in [0.5, 0.6) is 0 Å². The number of aryl methyl sites for hydroxylation is 1. The molecule has 0 spiro atoms. The van der Waals surface area contributed by atoms with Gasteiger partial charge >= 0.3 is 0 Å². The Kier molecular flexibility index (Phi) is 8.51. The zero-order chi connectivity index (χ0) is 15.7. The van der Waals surface area contributed by atoms with Crippen molar-refractivity contribution in [2.45, 2.75) is 71.8 Å². The SMILES string of the molecule is CCCCCCCC(NCCC)c1cc(C)c(F)cc1F. The van der Waals surface area contributed by atoms with Crippen LogP contribution in [0, 0.1) is 18.6 Å².